The normalized spacial score (nSPS) is 26.0. The van der Waals surface area contributed by atoms with E-state index in [0.29, 0.717) is 32.0 Å². The van der Waals surface area contributed by atoms with E-state index in [1.165, 1.54) is 29.8 Å². The van der Waals surface area contributed by atoms with Crippen LogP contribution in [0.3, 0.4) is 0 Å². The van der Waals surface area contributed by atoms with Crippen molar-refractivity contribution in [2.75, 3.05) is 31.1 Å². The topological polar surface area (TPSA) is 95.2 Å². The molecule has 7 nitrogen and oxygen atoms in total. The summed E-state index contributed by atoms with van der Waals surface area (Å²) in [5.74, 6) is 1.14. The van der Waals surface area contributed by atoms with Crippen molar-refractivity contribution in [3.05, 3.63) is 17.0 Å². The highest BCUT2D eigenvalue weighted by Crippen LogP contribution is 2.41. The number of H-pyrrole nitrogens is 1. The predicted octanol–water partition coefficient (Wildman–Crippen LogP) is 0.832. The summed E-state index contributed by atoms with van der Waals surface area (Å²) < 4.78 is 23.0. The van der Waals surface area contributed by atoms with Gasteiger partial charge in [0.1, 0.15) is 0 Å². The van der Waals surface area contributed by atoms with E-state index in [9.17, 15) is 13.2 Å². The zero-order valence-electron chi connectivity index (χ0n) is 13.8. The molecule has 2 N–H and O–H groups in total. The largest absolute Gasteiger partial charge is 0.338 e. The molecule has 0 spiro atoms. The van der Waals surface area contributed by atoms with Crippen molar-refractivity contribution < 1.29 is 13.2 Å². The number of carbonyl (C=O) groups excluding carboxylic acids is 1. The van der Waals surface area contributed by atoms with Gasteiger partial charge in [0, 0.05) is 37.7 Å². The molecule has 24 heavy (non-hydrogen) atoms. The third kappa shape index (κ3) is 3.29. The predicted molar refractivity (Wildman–Crippen MR) is 89.7 cm³/mol. The van der Waals surface area contributed by atoms with Crippen molar-refractivity contribution >= 4 is 15.9 Å². The fraction of sp³-hybridized carbons (Fsp3) is 0.750. The Labute approximate surface area is 142 Å². The van der Waals surface area contributed by atoms with Gasteiger partial charge in [-0.25, -0.2) is 13.2 Å². The van der Waals surface area contributed by atoms with Crippen molar-refractivity contribution in [3.8, 4) is 0 Å². The van der Waals surface area contributed by atoms with Crippen molar-refractivity contribution in [3.63, 3.8) is 0 Å². The summed E-state index contributed by atoms with van der Waals surface area (Å²) >= 11 is 0. The average Bonchev–Trinajstić information content (AvgIpc) is 3.27. The number of aromatic amines is 1. The van der Waals surface area contributed by atoms with Crippen LogP contribution in [0.5, 0.6) is 0 Å². The molecule has 1 aliphatic carbocycles. The minimum atomic E-state index is -2.89. The van der Waals surface area contributed by atoms with Crippen molar-refractivity contribution in [1.29, 1.82) is 0 Å². The molecule has 1 atom stereocenters. The smallest absolute Gasteiger partial charge is 0.317 e. The van der Waals surface area contributed by atoms with Gasteiger partial charge in [-0.15, -0.1) is 0 Å². The molecular formula is C16H24N4O3S. The molecule has 2 aliphatic heterocycles. The van der Waals surface area contributed by atoms with Gasteiger partial charge in [0.05, 0.1) is 17.2 Å². The lowest BCUT2D eigenvalue weighted by molar-refractivity contribution is 0.198. The quantitative estimate of drug-likeness (QED) is 0.842. The summed E-state index contributed by atoms with van der Waals surface area (Å²) in [6.07, 6.45) is 4.77. The third-order valence-corrected chi connectivity index (χ3v) is 7.21. The molecule has 2 amide bonds. The minimum absolute atomic E-state index is 0.0596. The summed E-state index contributed by atoms with van der Waals surface area (Å²) in [5, 5.41) is 10.6. The van der Waals surface area contributed by atoms with Gasteiger partial charge >= 0.3 is 6.03 Å². The highest BCUT2D eigenvalue weighted by atomic mass is 32.2. The van der Waals surface area contributed by atoms with Gasteiger partial charge in [0.2, 0.25) is 0 Å². The number of aromatic nitrogens is 2. The molecule has 1 saturated carbocycles. The standard InChI is InChI=1S/C16H24N4O3S/c21-16(17-9-11-5-8-24(22,23)10-11)20-6-3-13-14(4-7-20)18-19-15(13)12-1-2-12/h11-12H,1-10H2,(H,17,21)(H,18,19). The molecule has 1 aromatic rings. The monoisotopic (exact) mass is 352 g/mol. The van der Waals surface area contributed by atoms with Crippen LogP contribution in [-0.2, 0) is 22.7 Å². The molecule has 0 bridgehead atoms. The van der Waals surface area contributed by atoms with Crippen LogP contribution in [0.4, 0.5) is 4.79 Å². The Morgan fingerprint density at radius 2 is 2.04 bits per heavy atom. The van der Waals surface area contributed by atoms with E-state index in [2.05, 4.69) is 15.5 Å². The first-order valence-corrected chi connectivity index (χ1v) is 10.6. The molecule has 0 aromatic carbocycles. The number of sulfone groups is 1. The van der Waals surface area contributed by atoms with E-state index in [0.717, 1.165) is 12.8 Å². The van der Waals surface area contributed by atoms with E-state index in [1.54, 1.807) is 0 Å². The van der Waals surface area contributed by atoms with Gasteiger partial charge in [0.15, 0.2) is 9.84 Å². The number of nitrogens with zero attached hydrogens (tertiary/aromatic N) is 2. The Bertz CT molecular complexity index is 739. The van der Waals surface area contributed by atoms with Crippen molar-refractivity contribution in [1.82, 2.24) is 20.4 Å². The first-order valence-electron chi connectivity index (χ1n) is 8.81. The van der Waals surface area contributed by atoms with Crippen LogP contribution >= 0.6 is 0 Å². The van der Waals surface area contributed by atoms with E-state index < -0.39 is 9.84 Å². The number of rotatable bonds is 3. The van der Waals surface area contributed by atoms with Gasteiger partial charge in [-0.3, -0.25) is 5.10 Å². The first kappa shape index (κ1) is 15.9. The van der Waals surface area contributed by atoms with Gasteiger partial charge in [-0.05, 0) is 37.2 Å². The van der Waals surface area contributed by atoms with Crippen molar-refractivity contribution in [2.45, 2.75) is 38.0 Å². The molecule has 1 aromatic heterocycles. The Hall–Kier alpha value is -1.57. The van der Waals surface area contributed by atoms with E-state index in [-0.39, 0.29) is 23.5 Å². The number of urea groups is 1. The molecule has 8 heteroatoms. The first-order chi connectivity index (χ1) is 11.5. The lowest BCUT2D eigenvalue weighted by Crippen LogP contribution is -2.43. The van der Waals surface area contributed by atoms with E-state index >= 15 is 0 Å². The molecular weight excluding hydrogens is 328 g/mol. The molecule has 1 unspecified atom stereocenters. The molecule has 3 aliphatic rings. The number of nitrogens with one attached hydrogen (secondary N) is 2. The van der Waals surface area contributed by atoms with Gasteiger partial charge in [-0.2, -0.15) is 5.10 Å². The zero-order valence-corrected chi connectivity index (χ0v) is 14.6. The second kappa shape index (κ2) is 6.06. The maximum atomic E-state index is 12.4. The summed E-state index contributed by atoms with van der Waals surface area (Å²) in [6.45, 7) is 1.82. The fourth-order valence-corrected chi connectivity index (χ4v) is 5.64. The molecule has 4 rings (SSSR count). The second-order valence-corrected chi connectivity index (χ2v) is 9.51. The SMILES string of the molecule is O=C(NCC1CCS(=O)(=O)C1)N1CCc2[nH]nc(C3CC3)c2CC1. The van der Waals surface area contributed by atoms with Crippen LogP contribution < -0.4 is 5.32 Å². The van der Waals surface area contributed by atoms with Crippen LogP contribution in [0.25, 0.3) is 0 Å². The number of hydrogen-bond donors (Lipinski definition) is 2. The van der Waals surface area contributed by atoms with Crippen molar-refractivity contribution in [2.24, 2.45) is 5.92 Å². The number of hydrogen-bond acceptors (Lipinski definition) is 4. The zero-order chi connectivity index (χ0) is 16.7. The maximum Gasteiger partial charge on any atom is 0.317 e. The lowest BCUT2D eigenvalue weighted by atomic mass is 10.1. The van der Waals surface area contributed by atoms with Crippen LogP contribution in [-0.4, -0.2) is 60.7 Å². The number of carbonyl (C=O) groups is 1. The van der Waals surface area contributed by atoms with Crippen LogP contribution in [0.2, 0.25) is 0 Å². The Kier molecular flexibility index (Phi) is 4.02. The lowest BCUT2D eigenvalue weighted by Gasteiger charge is -2.22. The Morgan fingerprint density at radius 3 is 2.75 bits per heavy atom. The number of amides is 2. The highest BCUT2D eigenvalue weighted by Gasteiger charge is 2.32. The van der Waals surface area contributed by atoms with E-state index in [1.807, 2.05) is 4.90 Å². The van der Waals surface area contributed by atoms with Gasteiger partial charge < -0.3 is 10.2 Å². The fourth-order valence-electron chi connectivity index (χ4n) is 3.78. The Morgan fingerprint density at radius 1 is 1.25 bits per heavy atom. The van der Waals surface area contributed by atoms with Crippen LogP contribution in [0, 0.1) is 5.92 Å². The highest BCUT2D eigenvalue weighted by molar-refractivity contribution is 7.91. The van der Waals surface area contributed by atoms with Gasteiger partial charge in [0.25, 0.3) is 0 Å². The summed E-state index contributed by atoms with van der Waals surface area (Å²) in [4.78, 5) is 14.3. The summed E-state index contributed by atoms with van der Waals surface area (Å²) in [6, 6.07) is -0.0783. The molecule has 2 fully saturated rings. The molecule has 132 valence electrons. The van der Waals surface area contributed by atoms with E-state index in [4.69, 9.17) is 0 Å². The molecule has 3 heterocycles. The third-order valence-electron chi connectivity index (χ3n) is 5.37. The Balaban J connectivity index is 1.32. The summed E-state index contributed by atoms with van der Waals surface area (Å²) in [5.41, 5.74) is 3.70. The second-order valence-electron chi connectivity index (χ2n) is 7.28. The maximum absolute atomic E-state index is 12.4. The number of fused-ring (bicyclic) bond motifs is 1. The van der Waals surface area contributed by atoms with Gasteiger partial charge in [-0.1, -0.05) is 0 Å². The van der Waals surface area contributed by atoms with Crippen LogP contribution in [0.15, 0.2) is 0 Å². The summed E-state index contributed by atoms with van der Waals surface area (Å²) in [7, 11) is -2.89. The molecule has 0 radical (unpaired) electrons. The minimum Gasteiger partial charge on any atom is -0.338 e. The van der Waals surface area contributed by atoms with Crippen LogP contribution in [0.1, 0.15) is 42.1 Å². The average molecular weight is 352 g/mol. The molecule has 1 saturated heterocycles.